The lowest BCUT2D eigenvalue weighted by atomic mass is 10.2. The summed E-state index contributed by atoms with van der Waals surface area (Å²) in [7, 11) is 0. The molecule has 0 saturated carbocycles. The Balaban J connectivity index is 1.70. The second-order valence-electron chi connectivity index (χ2n) is 6.67. The van der Waals surface area contributed by atoms with Gasteiger partial charge in [0.05, 0.1) is 66.1 Å². The number of unbranched alkanes of at least 4 members (excludes halogenated alkanes) is 2. The zero-order valence-corrected chi connectivity index (χ0v) is 18.4. The maximum atomic E-state index is 11.4. The smallest absolute Gasteiger partial charge is 0.305 e. The topological polar surface area (TPSA) is 72.5 Å². The van der Waals surface area contributed by atoms with Crippen LogP contribution < -0.4 is 0 Å². The minimum atomic E-state index is -0.149. The van der Waals surface area contributed by atoms with Gasteiger partial charge in [0.15, 0.2) is 0 Å². The van der Waals surface area contributed by atoms with E-state index in [-0.39, 0.29) is 5.97 Å². The van der Waals surface area contributed by atoms with Crippen molar-refractivity contribution in [3.63, 3.8) is 0 Å². The third kappa shape index (κ3) is 17.4. The molecule has 1 aromatic carbocycles. The number of hydrogen-bond donors (Lipinski definition) is 0. The summed E-state index contributed by atoms with van der Waals surface area (Å²) >= 11 is 0. The van der Waals surface area contributed by atoms with Gasteiger partial charge >= 0.3 is 5.97 Å². The number of rotatable bonds is 21. The molecule has 0 fully saturated rings. The molecule has 0 aliphatic rings. The minimum absolute atomic E-state index is 0.149. The van der Waals surface area contributed by atoms with Crippen LogP contribution in [0.5, 0.6) is 0 Å². The zero-order valence-electron chi connectivity index (χ0n) is 18.4. The van der Waals surface area contributed by atoms with Crippen LogP contribution in [-0.2, 0) is 39.8 Å². The van der Waals surface area contributed by atoms with E-state index in [1.165, 1.54) is 0 Å². The average molecular weight is 427 g/mol. The van der Waals surface area contributed by atoms with Crippen LogP contribution in [0.15, 0.2) is 30.3 Å². The highest BCUT2D eigenvalue weighted by Gasteiger charge is 2.01. The van der Waals surface area contributed by atoms with Gasteiger partial charge in [-0.2, -0.15) is 0 Å². The summed E-state index contributed by atoms with van der Waals surface area (Å²) in [6.07, 6.45) is 3.54. The standard InChI is InChI=1S/C23H38O7/c1-2-3-5-10-23(24)30-20-19-28-16-15-26-12-11-25-13-14-27-17-18-29-21-22-8-6-4-7-9-22/h4,6-9H,2-3,5,10-21H2,1H3. The zero-order chi connectivity index (χ0) is 21.5. The van der Waals surface area contributed by atoms with Crippen LogP contribution in [0.1, 0.15) is 38.2 Å². The van der Waals surface area contributed by atoms with Gasteiger partial charge in [-0.05, 0) is 12.0 Å². The normalized spacial score (nSPS) is 11.0. The fourth-order valence-electron chi connectivity index (χ4n) is 2.45. The molecular weight excluding hydrogens is 388 g/mol. The monoisotopic (exact) mass is 426 g/mol. The lowest BCUT2D eigenvalue weighted by molar-refractivity contribution is -0.145. The Kier molecular flexibility index (Phi) is 18.3. The molecule has 0 N–H and O–H groups in total. The van der Waals surface area contributed by atoms with Gasteiger partial charge in [-0.25, -0.2) is 0 Å². The largest absolute Gasteiger partial charge is 0.463 e. The first-order valence-corrected chi connectivity index (χ1v) is 10.9. The van der Waals surface area contributed by atoms with Gasteiger partial charge in [0.1, 0.15) is 6.61 Å². The second-order valence-corrected chi connectivity index (χ2v) is 6.67. The summed E-state index contributed by atoms with van der Waals surface area (Å²) in [5, 5.41) is 0. The van der Waals surface area contributed by atoms with E-state index in [1.54, 1.807) is 0 Å². The number of hydrogen-bond acceptors (Lipinski definition) is 7. The Morgan fingerprint density at radius 2 is 1.17 bits per heavy atom. The van der Waals surface area contributed by atoms with Gasteiger partial charge < -0.3 is 28.4 Å². The number of carbonyl (C=O) groups is 1. The van der Waals surface area contributed by atoms with Crippen LogP contribution in [0.4, 0.5) is 0 Å². The SMILES string of the molecule is CCCCCC(=O)OCCOCCOCCOCCOCCOCc1ccccc1. The molecule has 172 valence electrons. The van der Waals surface area contributed by atoms with Gasteiger partial charge in [-0.3, -0.25) is 4.79 Å². The highest BCUT2D eigenvalue weighted by molar-refractivity contribution is 5.69. The van der Waals surface area contributed by atoms with Crippen molar-refractivity contribution in [1.29, 1.82) is 0 Å². The summed E-state index contributed by atoms with van der Waals surface area (Å²) < 4.78 is 32.3. The molecule has 0 unspecified atom stereocenters. The minimum Gasteiger partial charge on any atom is -0.463 e. The molecule has 30 heavy (non-hydrogen) atoms. The van der Waals surface area contributed by atoms with Gasteiger partial charge in [-0.15, -0.1) is 0 Å². The van der Waals surface area contributed by atoms with Crippen molar-refractivity contribution in [2.45, 2.75) is 39.2 Å². The number of esters is 1. The molecule has 0 radical (unpaired) electrons. The highest BCUT2D eigenvalue weighted by atomic mass is 16.6. The number of carbonyl (C=O) groups excluding carboxylic acids is 1. The molecule has 0 bridgehead atoms. The van der Waals surface area contributed by atoms with Crippen LogP contribution in [0.2, 0.25) is 0 Å². The van der Waals surface area contributed by atoms with Crippen LogP contribution in [0, 0.1) is 0 Å². The van der Waals surface area contributed by atoms with E-state index in [0.29, 0.717) is 79.1 Å². The second kappa shape index (κ2) is 20.8. The molecule has 0 saturated heterocycles. The number of ether oxygens (including phenoxy) is 6. The Morgan fingerprint density at radius 3 is 1.70 bits per heavy atom. The summed E-state index contributed by atoms with van der Waals surface area (Å²) in [5.74, 6) is -0.149. The molecule has 1 aromatic rings. The van der Waals surface area contributed by atoms with E-state index < -0.39 is 0 Å². The van der Waals surface area contributed by atoms with Gasteiger partial charge in [0.2, 0.25) is 0 Å². The molecule has 0 aliphatic heterocycles. The highest BCUT2D eigenvalue weighted by Crippen LogP contribution is 2.01. The molecule has 0 aromatic heterocycles. The molecule has 0 spiro atoms. The molecular formula is C23H38O7. The maximum absolute atomic E-state index is 11.4. The van der Waals surface area contributed by atoms with Gasteiger partial charge in [0, 0.05) is 6.42 Å². The van der Waals surface area contributed by atoms with Crippen LogP contribution in [-0.4, -0.2) is 72.0 Å². The van der Waals surface area contributed by atoms with Crippen molar-refractivity contribution >= 4 is 5.97 Å². The summed E-state index contributed by atoms with van der Waals surface area (Å²) in [6, 6.07) is 10.1. The summed E-state index contributed by atoms with van der Waals surface area (Å²) in [4.78, 5) is 11.4. The summed E-state index contributed by atoms with van der Waals surface area (Å²) in [6.45, 7) is 7.57. The van der Waals surface area contributed by atoms with Crippen LogP contribution in [0.25, 0.3) is 0 Å². The first-order valence-electron chi connectivity index (χ1n) is 10.9. The summed E-state index contributed by atoms with van der Waals surface area (Å²) in [5.41, 5.74) is 1.16. The van der Waals surface area contributed by atoms with E-state index in [2.05, 4.69) is 6.92 Å². The van der Waals surface area contributed by atoms with E-state index in [9.17, 15) is 4.79 Å². The Bertz CT molecular complexity index is 496. The molecule has 0 heterocycles. The maximum Gasteiger partial charge on any atom is 0.305 e. The van der Waals surface area contributed by atoms with Crippen LogP contribution >= 0.6 is 0 Å². The Hall–Kier alpha value is -1.51. The van der Waals surface area contributed by atoms with E-state index in [4.69, 9.17) is 28.4 Å². The van der Waals surface area contributed by atoms with E-state index in [0.717, 1.165) is 24.8 Å². The van der Waals surface area contributed by atoms with E-state index >= 15 is 0 Å². The Morgan fingerprint density at radius 1 is 0.667 bits per heavy atom. The first-order chi connectivity index (χ1) is 14.8. The third-order valence-electron chi connectivity index (χ3n) is 4.07. The molecule has 1 rings (SSSR count). The van der Waals surface area contributed by atoms with Crippen LogP contribution in [0.3, 0.4) is 0 Å². The Labute approximate surface area is 180 Å². The van der Waals surface area contributed by atoms with Crippen molar-refractivity contribution in [3.8, 4) is 0 Å². The molecule has 0 amide bonds. The van der Waals surface area contributed by atoms with Crippen molar-refractivity contribution in [3.05, 3.63) is 35.9 Å². The van der Waals surface area contributed by atoms with Gasteiger partial charge in [0.25, 0.3) is 0 Å². The van der Waals surface area contributed by atoms with Crippen molar-refractivity contribution in [1.82, 2.24) is 0 Å². The fraction of sp³-hybridized carbons (Fsp3) is 0.696. The van der Waals surface area contributed by atoms with Crippen molar-refractivity contribution < 1.29 is 33.2 Å². The fourth-order valence-corrected chi connectivity index (χ4v) is 2.45. The van der Waals surface area contributed by atoms with Gasteiger partial charge in [-0.1, -0.05) is 50.1 Å². The third-order valence-corrected chi connectivity index (χ3v) is 4.07. The molecule has 7 heteroatoms. The molecule has 7 nitrogen and oxygen atoms in total. The number of benzene rings is 1. The van der Waals surface area contributed by atoms with Crippen molar-refractivity contribution in [2.75, 3.05) is 66.1 Å². The first kappa shape index (κ1) is 26.5. The predicted molar refractivity (Wildman–Crippen MR) is 114 cm³/mol. The lowest BCUT2D eigenvalue weighted by Gasteiger charge is -2.08. The van der Waals surface area contributed by atoms with E-state index in [1.807, 2.05) is 30.3 Å². The average Bonchev–Trinajstić information content (AvgIpc) is 2.77. The predicted octanol–water partition coefficient (Wildman–Crippen LogP) is 3.39. The quantitative estimate of drug-likeness (QED) is 0.220. The lowest BCUT2D eigenvalue weighted by Crippen LogP contribution is -2.15. The molecule has 0 atom stereocenters. The molecule has 0 aliphatic carbocycles. The van der Waals surface area contributed by atoms with Crippen molar-refractivity contribution in [2.24, 2.45) is 0 Å².